The van der Waals surface area contributed by atoms with Crippen molar-refractivity contribution in [2.24, 2.45) is 7.05 Å². The molecule has 8 heteroatoms. The number of pyridine rings is 1. The average Bonchev–Trinajstić information content (AvgIpc) is 3.29. The number of nitrogens with one attached hydrogen (secondary N) is 1. The fourth-order valence-corrected chi connectivity index (χ4v) is 4.77. The summed E-state index contributed by atoms with van der Waals surface area (Å²) in [6.45, 7) is 0. The number of aliphatic hydroxyl groups is 1. The van der Waals surface area contributed by atoms with Crippen molar-refractivity contribution in [2.45, 2.75) is 5.60 Å². The highest BCUT2D eigenvalue weighted by molar-refractivity contribution is 6.31. The molecule has 2 N–H and O–H groups in total. The Bertz CT molecular complexity index is 1610. The predicted molar refractivity (Wildman–Crippen MR) is 138 cm³/mol. The highest BCUT2D eigenvalue weighted by atomic mass is 35.5. The molecule has 0 aliphatic rings. The molecule has 0 aliphatic carbocycles. The van der Waals surface area contributed by atoms with Crippen LogP contribution in [-0.2, 0) is 12.6 Å². The van der Waals surface area contributed by atoms with E-state index in [9.17, 15) is 9.90 Å². The summed E-state index contributed by atoms with van der Waals surface area (Å²) in [4.78, 5) is 19.7. The number of ether oxygens (including phenoxy) is 1. The molecule has 0 saturated heterocycles. The van der Waals surface area contributed by atoms with Crippen LogP contribution in [0, 0.1) is 0 Å². The van der Waals surface area contributed by atoms with Gasteiger partial charge in [-0.3, -0.25) is 4.79 Å². The monoisotopic (exact) mass is 505 g/mol. The van der Waals surface area contributed by atoms with Crippen LogP contribution in [0.2, 0.25) is 10.0 Å². The third-order valence-electron chi connectivity index (χ3n) is 6.14. The van der Waals surface area contributed by atoms with Crippen LogP contribution in [0.15, 0.2) is 84.0 Å². The first-order valence-electron chi connectivity index (χ1n) is 10.8. The number of imidazole rings is 1. The molecule has 2 heterocycles. The van der Waals surface area contributed by atoms with Gasteiger partial charge in [0.1, 0.15) is 5.75 Å². The zero-order chi connectivity index (χ0) is 24.7. The maximum absolute atomic E-state index is 12.6. The van der Waals surface area contributed by atoms with E-state index in [0.717, 1.165) is 5.56 Å². The van der Waals surface area contributed by atoms with Crippen LogP contribution >= 0.6 is 23.2 Å². The summed E-state index contributed by atoms with van der Waals surface area (Å²) in [5, 5.41) is 14.2. The molecule has 3 aromatic carbocycles. The Kier molecular flexibility index (Phi) is 5.89. The Morgan fingerprint density at radius 2 is 1.77 bits per heavy atom. The second-order valence-corrected chi connectivity index (χ2v) is 9.14. The quantitative estimate of drug-likeness (QED) is 0.329. The number of hydrogen-bond donors (Lipinski definition) is 2. The van der Waals surface area contributed by atoms with E-state index < -0.39 is 5.60 Å². The maximum Gasteiger partial charge on any atom is 0.249 e. The van der Waals surface area contributed by atoms with Gasteiger partial charge in [-0.15, -0.1) is 0 Å². The van der Waals surface area contributed by atoms with E-state index >= 15 is 0 Å². The first-order chi connectivity index (χ1) is 16.8. The van der Waals surface area contributed by atoms with Crippen LogP contribution in [0.5, 0.6) is 5.75 Å². The van der Waals surface area contributed by atoms with E-state index in [1.165, 1.54) is 13.2 Å². The standard InChI is InChI=1S/C27H21Cl2N3O3/c1-32-15-30-14-24(32)27(34,17-6-8-19(28)9-7-17)18-11-22-21(16-4-3-5-20(29)10-16)13-25(33)31-26(22)23(12-18)35-2/h3-15,34H,1-2H3,(H,31,33). The molecular formula is C27H21Cl2N3O3. The second-order valence-electron chi connectivity index (χ2n) is 8.27. The van der Waals surface area contributed by atoms with Crippen LogP contribution in [0.25, 0.3) is 22.0 Å². The molecular weight excluding hydrogens is 485 g/mol. The van der Waals surface area contributed by atoms with Crippen molar-refractivity contribution < 1.29 is 9.84 Å². The third kappa shape index (κ3) is 4.00. The zero-order valence-corrected chi connectivity index (χ0v) is 20.4. The molecule has 0 amide bonds. The Hall–Kier alpha value is -3.58. The summed E-state index contributed by atoms with van der Waals surface area (Å²) in [5.74, 6) is 0.410. The van der Waals surface area contributed by atoms with E-state index in [-0.39, 0.29) is 5.56 Å². The number of benzene rings is 3. The molecule has 0 aliphatic heterocycles. The van der Waals surface area contributed by atoms with Crippen molar-refractivity contribution in [1.29, 1.82) is 0 Å². The summed E-state index contributed by atoms with van der Waals surface area (Å²) >= 11 is 12.4. The first-order valence-corrected chi connectivity index (χ1v) is 11.5. The highest BCUT2D eigenvalue weighted by Gasteiger charge is 2.37. The lowest BCUT2D eigenvalue weighted by atomic mass is 9.82. The maximum atomic E-state index is 12.6. The van der Waals surface area contributed by atoms with Gasteiger partial charge in [-0.05, 0) is 58.7 Å². The second kappa shape index (κ2) is 8.89. The minimum absolute atomic E-state index is 0.280. The number of nitrogens with zero attached hydrogens (tertiary/aromatic N) is 2. The van der Waals surface area contributed by atoms with Gasteiger partial charge < -0.3 is 19.4 Å². The topological polar surface area (TPSA) is 80.1 Å². The van der Waals surface area contributed by atoms with Gasteiger partial charge >= 0.3 is 0 Å². The van der Waals surface area contributed by atoms with Gasteiger partial charge in [0.2, 0.25) is 5.56 Å². The predicted octanol–water partition coefficient (Wildman–Crippen LogP) is 5.53. The Morgan fingerprint density at radius 1 is 1.00 bits per heavy atom. The van der Waals surface area contributed by atoms with Crippen LogP contribution < -0.4 is 10.3 Å². The van der Waals surface area contributed by atoms with Gasteiger partial charge in [0.25, 0.3) is 0 Å². The van der Waals surface area contributed by atoms with Crippen molar-refractivity contribution >= 4 is 34.1 Å². The summed E-state index contributed by atoms with van der Waals surface area (Å²) in [5.41, 5.74) is 1.75. The van der Waals surface area contributed by atoms with E-state index in [2.05, 4.69) is 9.97 Å². The first kappa shape index (κ1) is 23.2. The molecule has 1 atom stereocenters. The van der Waals surface area contributed by atoms with Crippen molar-refractivity contribution in [2.75, 3.05) is 7.11 Å². The molecule has 0 fully saturated rings. The molecule has 0 spiro atoms. The Morgan fingerprint density at radius 3 is 2.43 bits per heavy atom. The van der Waals surface area contributed by atoms with Gasteiger partial charge in [-0.1, -0.05) is 47.5 Å². The largest absolute Gasteiger partial charge is 0.495 e. The number of aromatic amines is 1. The van der Waals surface area contributed by atoms with Gasteiger partial charge in [0, 0.05) is 28.5 Å². The van der Waals surface area contributed by atoms with E-state index in [0.29, 0.717) is 49.1 Å². The number of aryl methyl sites for hydroxylation is 1. The molecule has 5 rings (SSSR count). The summed E-state index contributed by atoms with van der Waals surface area (Å²) < 4.78 is 7.44. The molecule has 176 valence electrons. The van der Waals surface area contributed by atoms with Crippen molar-refractivity contribution in [3.8, 4) is 16.9 Å². The highest BCUT2D eigenvalue weighted by Crippen LogP contribution is 2.42. The Balaban J connectivity index is 1.88. The molecule has 35 heavy (non-hydrogen) atoms. The molecule has 0 bridgehead atoms. The molecule has 6 nitrogen and oxygen atoms in total. The number of hydrogen-bond acceptors (Lipinski definition) is 4. The lowest BCUT2D eigenvalue weighted by Crippen LogP contribution is -2.31. The molecule has 1 unspecified atom stereocenters. The number of halogens is 2. The van der Waals surface area contributed by atoms with E-state index in [1.807, 2.05) is 25.2 Å². The number of aromatic nitrogens is 3. The zero-order valence-electron chi connectivity index (χ0n) is 18.9. The summed E-state index contributed by atoms with van der Waals surface area (Å²) in [7, 11) is 3.34. The SMILES string of the molecule is COc1cc(C(O)(c2ccc(Cl)cc2)c2cncn2C)cc2c(-c3cccc(Cl)c3)cc(=O)[nH]c12. The smallest absolute Gasteiger partial charge is 0.249 e. The van der Waals surface area contributed by atoms with Crippen molar-refractivity contribution in [3.05, 3.63) is 116 Å². The lowest BCUT2D eigenvalue weighted by molar-refractivity contribution is 0.117. The van der Waals surface area contributed by atoms with E-state index in [1.54, 1.807) is 59.6 Å². The Labute approximate surface area is 211 Å². The molecule has 0 saturated carbocycles. The van der Waals surface area contributed by atoms with Crippen molar-refractivity contribution in [1.82, 2.24) is 14.5 Å². The number of rotatable bonds is 5. The minimum Gasteiger partial charge on any atom is -0.495 e. The van der Waals surface area contributed by atoms with Gasteiger partial charge in [-0.25, -0.2) is 4.98 Å². The fourth-order valence-electron chi connectivity index (χ4n) is 4.45. The van der Waals surface area contributed by atoms with Crippen LogP contribution in [0.1, 0.15) is 16.8 Å². The summed E-state index contributed by atoms with van der Waals surface area (Å²) in [6, 6.07) is 19.4. The lowest BCUT2D eigenvalue weighted by Gasteiger charge is -2.30. The number of methoxy groups -OCH3 is 1. The van der Waals surface area contributed by atoms with Crippen LogP contribution in [0.4, 0.5) is 0 Å². The number of fused-ring (bicyclic) bond motifs is 1. The minimum atomic E-state index is -1.60. The van der Waals surface area contributed by atoms with Gasteiger partial charge in [0.05, 0.1) is 30.8 Å². The molecule has 5 aromatic rings. The molecule has 2 aromatic heterocycles. The average molecular weight is 506 g/mol. The fraction of sp³-hybridized carbons (Fsp3) is 0.111. The van der Waals surface area contributed by atoms with Crippen LogP contribution in [-0.4, -0.2) is 26.8 Å². The normalized spacial score (nSPS) is 13.1. The number of H-pyrrole nitrogens is 1. The van der Waals surface area contributed by atoms with Crippen LogP contribution in [0.3, 0.4) is 0 Å². The van der Waals surface area contributed by atoms with Gasteiger partial charge in [0.15, 0.2) is 5.60 Å². The summed E-state index contributed by atoms with van der Waals surface area (Å²) in [6.07, 6.45) is 3.25. The van der Waals surface area contributed by atoms with Gasteiger partial charge in [-0.2, -0.15) is 0 Å². The van der Waals surface area contributed by atoms with E-state index in [4.69, 9.17) is 27.9 Å². The molecule has 0 radical (unpaired) electrons. The third-order valence-corrected chi connectivity index (χ3v) is 6.63. The van der Waals surface area contributed by atoms with Crippen molar-refractivity contribution in [3.63, 3.8) is 0 Å².